The fourth-order valence-electron chi connectivity index (χ4n) is 2.38. The minimum atomic E-state index is 0.427. The third-order valence-electron chi connectivity index (χ3n) is 3.21. The van der Waals surface area contributed by atoms with Crippen LogP contribution >= 0.6 is 0 Å². The molecular formula is C15H23N3O. The van der Waals surface area contributed by atoms with E-state index >= 15 is 0 Å². The van der Waals surface area contributed by atoms with Gasteiger partial charge >= 0.3 is 0 Å². The van der Waals surface area contributed by atoms with Crippen LogP contribution in [-0.2, 0) is 11.3 Å². The minimum Gasteiger partial charge on any atom is -0.377 e. The van der Waals surface area contributed by atoms with Gasteiger partial charge in [-0.15, -0.1) is 0 Å². The standard InChI is InChI=1S/C15H23N3O/c1-11(2)18-12(3)17-14-9-13(5-6-15(14)18)10-19-8-4-7-16/h5-6,9,11H,4,7-8,10,16H2,1-3H3. The number of ether oxygens (including phenoxy) is 1. The van der Waals surface area contributed by atoms with Crippen LogP contribution in [-0.4, -0.2) is 22.7 Å². The van der Waals surface area contributed by atoms with Crippen molar-refractivity contribution in [2.45, 2.75) is 39.8 Å². The third-order valence-corrected chi connectivity index (χ3v) is 3.21. The zero-order chi connectivity index (χ0) is 13.8. The quantitative estimate of drug-likeness (QED) is 0.813. The number of nitrogens with two attached hydrogens (primary N) is 1. The first kappa shape index (κ1) is 14.0. The smallest absolute Gasteiger partial charge is 0.106 e. The van der Waals surface area contributed by atoms with E-state index in [0.29, 0.717) is 25.8 Å². The number of imidazole rings is 1. The van der Waals surface area contributed by atoms with Crippen LogP contribution in [0, 0.1) is 6.92 Å². The summed E-state index contributed by atoms with van der Waals surface area (Å²) in [5.41, 5.74) is 8.84. The molecule has 1 aromatic carbocycles. The molecule has 0 aliphatic rings. The van der Waals surface area contributed by atoms with Gasteiger partial charge in [0.1, 0.15) is 5.82 Å². The Labute approximate surface area is 114 Å². The van der Waals surface area contributed by atoms with E-state index in [9.17, 15) is 0 Å². The Balaban J connectivity index is 2.17. The molecule has 0 fully saturated rings. The van der Waals surface area contributed by atoms with E-state index in [2.05, 4.69) is 48.5 Å². The number of aryl methyl sites for hydroxylation is 1. The van der Waals surface area contributed by atoms with Gasteiger partial charge in [0.25, 0.3) is 0 Å². The number of fused-ring (bicyclic) bond motifs is 1. The maximum atomic E-state index is 5.58. The molecule has 2 N–H and O–H groups in total. The lowest BCUT2D eigenvalue weighted by atomic mass is 10.2. The fourth-order valence-corrected chi connectivity index (χ4v) is 2.38. The van der Waals surface area contributed by atoms with Crippen molar-refractivity contribution in [2.75, 3.05) is 13.2 Å². The molecule has 0 unspecified atom stereocenters. The van der Waals surface area contributed by atoms with Crippen molar-refractivity contribution in [3.05, 3.63) is 29.6 Å². The number of nitrogens with zero attached hydrogens (tertiary/aromatic N) is 2. The Morgan fingerprint density at radius 3 is 2.84 bits per heavy atom. The Kier molecular flexibility index (Phi) is 4.56. The van der Waals surface area contributed by atoms with Crippen molar-refractivity contribution in [3.8, 4) is 0 Å². The molecule has 2 aromatic rings. The molecule has 1 heterocycles. The Bertz CT molecular complexity index is 546. The van der Waals surface area contributed by atoms with Gasteiger partial charge < -0.3 is 15.0 Å². The van der Waals surface area contributed by atoms with E-state index in [0.717, 1.165) is 23.3 Å². The van der Waals surface area contributed by atoms with Gasteiger partial charge in [0.05, 0.1) is 17.6 Å². The molecular weight excluding hydrogens is 238 g/mol. The van der Waals surface area contributed by atoms with Gasteiger partial charge in [0.2, 0.25) is 0 Å². The van der Waals surface area contributed by atoms with Crippen molar-refractivity contribution >= 4 is 11.0 Å². The number of aromatic nitrogens is 2. The Hall–Kier alpha value is -1.39. The fraction of sp³-hybridized carbons (Fsp3) is 0.533. The second-order valence-electron chi connectivity index (χ2n) is 5.14. The summed E-state index contributed by atoms with van der Waals surface area (Å²) in [6.45, 7) is 8.43. The summed E-state index contributed by atoms with van der Waals surface area (Å²) < 4.78 is 7.84. The largest absolute Gasteiger partial charge is 0.377 e. The van der Waals surface area contributed by atoms with E-state index in [4.69, 9.17) is 10.5 Å². The average Bonchev–Trinajstić information content (AvgIpc) is 2.69. The molecule has 0 bridgehead atoms. The molecule has 0 atom stereocenters. The molecule has 2 rings (SSSR count). The number of hydrogen-bond acceptors (Lipinski definition) is 3. The van der Waals surface area contributed by atoms with Crippen molar-refractivity contribution in [1.29, 1.82) is 0 Å². The number of benzene rings is 1. The summed E-state index contributed by atoms with van der Waals surface area (Å²) >= 11 is 0. The maximum absolute atomic E-state index is 5.58. The average molecular weight is 261 g/mol. The normalized spacial score (nSPS) is 11.6. The third kappa shape index (κ3) is 3.14. The van der Waals surface area contributed by atoms with Gasteiger partial charge in [0, 0.05) is 12.6 Å². The van der Waals surface area contributed by atoms with Crippen molar-refractivity contribution in [2.24, 2.45) is 5.73 Å². The summed E-state index contributed by atoms with van der Waals surface area (Å²) in [6, 6.07) is 6.79. The summed E-state index contributed by atoms with van der Waals surface area (Å²) in [4.78, 5) is 4.63. The van der Waals surface area contributed by atoms with Crippen LogP contribution in [0.2, 0.25) is 0 Å². The zero-order valence-electron chi connectivity index (χ0n) is 12.0. The van der Waals surface area contributed by atoms with Crippen LogP contribution < -0.4 is 5.73 Å². The van der Waals surface area contributed by atoms with E-state index in [1.807, 2.05) is 0 Å². The summed E-state index contributed by atoms with van der Waals surface area (Å²) in [5, 5.41) is 0. The van der Waals surface area contributed by atoms with Gasteiger partial charge in [0.15, 0.2) is 0 Å². The first-order chi connectivity index (χ1) is 9.13. The van der Waals surface area contributed by atoms with Crippen LogP contribution in [0.1, 0.15) is 37.7 Å². The number of rotatable bonds is 6. The molecule has 1 aromatic heterocycles. The first-order valence-corrected chi connectivity index (χ1v) is 6.88. The minimum absolute atomic E-state index is 0.427. The van der Waals surface area contributed by atoms with Crippen LogP contribution in [0.15, 0.2) is 18.2 Å². The second-order valence-corrected chi connectivity index (χ2v) is 5.14. The predicted octanol–water partition coefficient (Wildman–Crippen LogP) is 2.79. The lowest BCUT2D eigenvalue weighted by Gasteiger charge is -2.10. The molecule has 4 heteroatoms. The second kappa shape index (κ2) is 6.17. The Morgan fingerprint density at radius 1 is 1.37 bits per heavy atom. The van der Waals surface area contributed by atoms with Gasteiger partial charge in [-0.3, -0.25) is 0 Å². The lowest BCUT2D eigenvalue weighted by Crippen LogP contribution is -2.04. The molecule has 0 radical (unpaired) electrons. The molecule has 104 valence electrons. The molecule has 0 saturated heterocycles. The summed E-state index contributed by atoms with van der Waals surface area (Å²) in [7, 11) is 0. The maximum Gasteiger partial charge on any atom is 0.106 e. The highest BCUT2D eigenvalue weighted by atomic mass is 16.5. The Morgan fingerprint density at radius 2 is 2.16 bits per heavy atom. The highest BCUT2D eigenvalue weighted by Gasteiger charge is 2.10. The van der Waals surface area contributed by atoms with Crippen molar-refractivity contribution < 1.29 is 4.74 Å². The molecule has 0 aliphatic heterocycles. The van der Waals surface area contributed by atoms with Crippen LogP contribution in [0.3, 0.4) is 0 Å². The highest BCUT2D eigenvalue weighted by Crippen LogP contribution is 2.22. The molecule has 0 aliphatic carbocycles. The molecule has 19 heavy (non-hydrogen) atoms. The molecule has 0 saturated carbocycles. The van der Waals surface area contributed by atoms with Crippen LogP contribution in [0.25, 0.3) is 11.0 Å². The first-order valence-electron chi connectivity index (χ1n) is 6.88. The van der Waals surface area contributed by atoms with Gasteiger partial charge in [-0.05, 0) is 51.4 Å². The van der Waals surface area contributed by atoms with E-state index in [1.54, 1.807) is 0 Å². The van der Waals surface area contributed by atoms with Gasteiger partial charge in [-0.2, -0.15) is 0 Å². The monoisotopic (exact) mass is 261 g/mol. The molecule has 0 spiro atoms. The van der Waals surface area contributed by atoms with Crippen LogP contribution in [0.4, 0.5) is 0 Å². The van der Waals surface area contributed by atoms with Gasteiger partial charge in [-0.1, -0.05) is 6.07 Å². The van der Waals surface area contributed by atoms with Gasteiger partial charge in [-0.25, -0.2) is 4.98 Å². The summed E-state index contributed by atoms with van der Waals surface area (Å²) in [5.74, 6) is 1.06. The lowest BCUT2D eigenvalue weighted by molar-refractivity contribution is 0.120. The topological polar surface area (TPSA) is 53.1 Å². The van der Waals surface area contributed by atoms with E-state index in [1.165, 1.54) is 5.52 Å². The van der Waals surface area contributed by atoms with Crippen molar-refractivity contribution in [1.82, 2.24) is 9.55 Å². The van der Waals surface area contributed by atoms with Crippen molar-refractivity contribution in [3.63, 3.8) is 0 Å². The highest BCUT2D eigenvalue weighted by molar-refractivity contribution is 5.77. The summed E-state index contributed by atoms with van der Waals surface area (Å²) in [6.07, 6.45) is 0.906. The van der Waals surface area contributed by atoms with E-state index in [-0.39, 0.29) is 0 Å². The zero-order valence-corrected chi connectivity index (χ0v) is 12.0. The number of hydrogen-bond donors (Lipinski definition) is 1. The predicted molar refractivity (Wildman–Crippen MR) is 78.2 cm³/mol. The molecule has 4 nitrogen and oxygen atoms in total. The SMILES string of the molecule is Cc1nc2cc(COCCCN)ccc2n1C(C)C. The molecule has 0 amide bonds. The van der Waals surface area contributed by atoms with E-state index < -0.39 is 0 Å². The van der Waals surface area contributed by atoms with Crippen LogP contribution in [0.5, 0.6) is 0 Å².